The van der Waals surface area contributed by atoms with Crippen molar-refractivity contribution >= 4 is 49.4 Å². The molecular formula is C25H25N7OS2. The molecule has 8 nitrogen and oxygen atoms in total. The second-order valence-corrected chi connectivity index (χ2v) is 10.7. The van der Waals surface area contributed by atoms with E-state index in [4.69, 9.17) is 4.98 Å². The summed E-state index contributed by atoms with van der Waals surface area (Å²) in [4.78, 5) is 27.7. The number of anilines is 1. The van der Waals surface area contributed by atoms with Gasteiger partial charge in [-0.15, -0.1) is 22.7 Å². The molecule has 6 rings (SSSR count). The highest BCUT2D eigenvalue weighted by Crippen LogP contribution is 2.44. The monoisotopic (exact) mass is 503 g/mol. The summed E-state index contributed by atoms with van der Waals surface area (Å²) >= 11 is 3.31. The van der Waals surface area contributed by atoms with Crippen molar-refractivity contribution in [3.8, 4) is 10.6 Å². The molecule has 6 heterocycles. The minimum Gasteiger partial charge on any atom is -0.317 e. The van der Waals surface area contributed by atoms with E-state index < -0.39 is 0 Å². The van der Waals surface area contributed by atoms with Crippen LogP contribution in [0.1, 0.15) is 35.5 Å². The number of aromatic nitrogens is 4. The van der Waals surface area contributed by atoms with E-state index in [2.05, 4.69) is 37.2 Å². The second-order valence-electron chi connectivity index (χ2n) is 8.58. The molecular weight excluding hydrogens is 478 g/mol. The van der Waals surface area contributed by atoms with Crippen molar-refractivity contribution in [2.75, 3.05) is 18.4 Å². The lowest BCUT2D eigenvalue weighted by Crippen LogP contribution is -2.25. The van der Waals surface area contributed by atoms with Crippen molar-refractivity contribution in [3.63, 3.8) is 0 Å². The SMILES string of the molecule is C[C@@H](NCCC(=O)Nc1sc2c(c1-c1nc3cnccc3s1)CCNC2)c1cnc2ccccn12. The molecule has 0 unspecified atom stereocenters. The summed E-state index contributed by atoms with van der Waals surface area (Å²) in [5.41, 5.74) is 5.27. The zero-order valence-corrected chi connectivity index (χ0v) is 20.9. The number of nitrogens with zero attached hydrogens (tertiary/aromatic N) is 4. The molecule has 0 saturated heterocycles. The molecule has 5 aromatic heterocycles. The van der Waals surface area contributed by atoms with Crippen LogP contribution < -0.4 is 16.0 Å². The first kappa shape index (κ1) is 22.3. The molecule has 0 spiro atoms. The highest BCUT2D eigenvalue weighted by Gasteiger charge is 2.25. The highest BCUT2D eigenvalue weighted by molar-refractivity contribution is 7.22. The summed E-state index contributed by atoms with van der Waals surface area (Å²) in [6.07, 6.45) is 8.80. The van der Waals surface area contributed by atoms with Gasteiger partial charge in [0, 0.05) is 48.4 Å². The molecule has 0 saturated carbocycles. The number of rotatable bonds is 7. The second kappa shape index (κ2) is 9.46. The van der Waals surface area contributed by atoms with E-state index in [0.29, 0.717) is 13.0 Å². The number of carbonyl (C=O) groups excluding carboxylic acids is 1. The van der Waals surface area contributed by atoms with Gasteiger partial charge in [0.1, 0.15) is 21.2 Å². The van der Waals surface area contributed by atoms with Crippen LogP contribution in [0.5, 0.6) is 0 Å². The van der Waals surface area contributed by atoms with Gasteiger partial charge in [-0.1, -0.05) is 6.07 Å². The molecule has 178 valence electrons. The highest BCUT2D eigenvalue weighted by atomic mass is 32.1. The Morgan fingerprint density at radius 2 is 2.20 bits per heavy atom. The number of fused-ring (bicyclic) bond motifs is 3. The van der Waals surface area contributed by atoms with E-state index in [1.165, 1.54) is 10.4 Å². The van der Waals surface area contributed by atoms with Gasteiger partial charge in [0.05, 0.1) is 22.8 Å². The third-order valence-electron chi connectivity index (χ3n) is 6.28. The molecule has 3 N–H and O–H groups in total. The van der Waals surface area contributed by atoms with Crippen molar-refractivity contribution in [2.45, 2.75) is 32.4 Å². The van der Waals surface area contributed by atoms with E-state index in [1.54, 1.807) is 35.1 Å². The zero-order valence-electron chi connectivity index (χ0n) is 19.2. The number of thiophene rings is 1. The Kier molecular flexibility index (Phi) is 6.03. The number of hydrogen-bond donors (Lipinski definition) is 3. The van der Waals surface area contributed by atoms with Gasteiger partial charge in [-0.05, 0) is 43.7 Å². The van der Waals surface area contributed by atoms with Gasteiger partial charge >= 0.3 is 0 Å². The molecule has 0 bridgehead atoms. The zero-order chi connectivity index (χ0) is 23.8. The summed E-state index contributed by atoms with van der Waals surface area (Å²) in [5.74, 6) is -0.00146. The van der Waals surface area contributed by atoms with Crippen LogP contribution in [-0.4, -0.2) is 38.3 Å². The number of imidazole rings is 1. The topological polar surface area (TPSA) is 96.2 Å². The summed E-state index contributed by atoms with van der Waals surface area (Å²) in [6, 6.07) is 8.03. The van der Waals surface area contributed by atoms with Crippen LogP contribution in [0.4, 0.5) is 5.00 Å². The molecule has 10 heteroatoms. The quantitative estimate of drug-likeness (QED) is 0.305. The van der Waals surface area contributed by atoms with E-state index in [0.717, 1.165) is 56.6 Å². The van der Waals surface area contributed by atoms with Gasteiger partial charge in [0.15, 0.2) is 0 Å². The molecule has 5 aromatic rings. The molecule has 0 aromatic carbocycles. The maximum atomic E-state index is 13.0. The van der Waals surface area contributed by atoms with Crippen molar-refractivity contribution in [1.82, 2.24) is 30.0 Å². The van der Waals surface area contributed by atoms with Crippen molar-refractivity contribution in [1.29, 1.82) is 0 Å². The van der Waals surface area contributed by atoms with E-state index in [-0.39, 0.29) is 11.9 Å². The first-order valence-electron chi connectivity index (χ1n) is 11.7. The largest absolute Gasteiger partial charge is 0.317 e. The number of pyridine rings is 2. The van der Waals surface area contributed by atoms with Crippen molar-refractivity contribution in [2.24, 2.45) is 0 Å². The number of nitrogens with one attached hydrogen (secondary N) is 3. The fraction of sp³-hybridized carbons (Fsp3) is 0.280. The number of thiazole rings is 1. The average molecular weight is 504 g/mol. The van der Waals surface area contributed by atoms with Crippen LogP contribution in [-0.2, 0) is 17.8 Å². The van der Waals surface area contributed by atoms with E-state index in [1.807, 2.05) is 36.7 Å². The summed E-state index contributed by atoms with van der Waals surface area (Å²) in [5, 5.41) is 11.9. The fourth-order valence-electron chi connectivity index (χ4n) is 4.50. The Morgan fingerprint density at radius 3 is 3.11 bits per heavy atom. The normalized spacial score (nSPS) is 14.3. The third kappa shape index (κ3) is 4.34. The van der Waals surface area contributed by atoms with Gasteiger partial charge in [-0.25, -0.2) is 9.97 Å². The van der Waals surface area contributed by atoms with E-state index in [9.17, 15) is 4.79 Å². The molecule has 1 aliphatic heterocycles. The molecule has 35 heavy (non-hydrogen) atoms. The van der Waals surface area contributed by atoms with Crippen LogP contribution >= 0.6 is 22.7 Å². The smallest absolute Gasteiger partial charge is 0.226 e. The van der Waals surface area contributed by atoms with Gasteiger partial charge in [0.2, 0.25) is 5.91 Å². The van der Waals surface area contributed by atoms with Crippen LogP contribution in [0, 0.1) is 0 Å². The molecule has 1 amide bonds. The number of amides is 1. The van der Waals surface area contributed by atoms with Crippen molar-refractivity contribution in [3.05, 3.63) is 65.2 Å². The Labute approximate surface area is 210 Å². The molecule has 0 aliphatic carbocycles. The van der Waals surface area contributed by atoms with Gasteiger partial charge in [-0.3, -0.25) is 9.78 Å². The van der Waals surface area contributed by atoms with Gasteiger partial charge < -0.3 is 20.4 Å². The van der Waals surface area contributed by atoms with Crippen molar-refractivity contribution < 1.29 is 4.79 Å². The first-order chi connectivity index (χ1) is 17.2. The number of carbonyl (C=O) groups is 1. The maximum Gasteiger partial charge on any atom is 0.226 e. The molecule has 0 fully saturated rings. The van der Waals surface area contributed by atoms with Crippen LogP contribution in [0.25, 0.3) is 26.4 Å². The minimum absolute atomic E-state index is 0.00146. The summed E-state index contributed by atoms with van der Waals surface area (Å²) < 4.78 is 3.17. The fourth-order valence-corrected chi connectivity index (χ4v) is 6.82. The lowest BCUT2D eigenvalue weighted by atomic mass is 10.0. The summed E-state index contributed by atoms with van der Waals surface area (Å²) in [7, 11) is 0. The minimum atomic E-state index is -0.00146. The van der Waals surface area contributed by atoms with Gasteiger partial charge in [0.25, 0.3) is 0 Å². The van der Waals surface area contributed by atoms with Gasteiger partial charge in [-0.2, -0.15) is 0 Å². The van der Waals surface area contributed by atoms with Crippen LogP contribution in [0.2, 0.25) is 0 Å². The van der Waals surface area contributed by atoms with Crippen LogP contribution in [0.15, 0.2) is 49.1 Å². The Bertz CT molecular complexity index is 1490. The van der Waals surface area contributed by atoms with Crippen LogP contribution in [0.3, 0.4) is 0 Å². The Balaban J connectivity index is 1.17. The molecule has 1 atom stereocenters. The third-order valence-corrected chi connectivity index (χ3v) is 8.48. The predicted octanol–water partition coefficient (Wildman–Crippen LogP) is 4.39. The lowest BCUT2D eigenvalue weighted by Gasteiger charge is -2.14. The Hall–Kier alpha value is -3.18. The summed E-state index contributed by atoms with van der Waals surface area (Å²) in [6.45, 7) is 4.42. The molecule has 1 aliphatic rings. The lowest BCUT2D eigenvalue weighted by molar-refractivity contribution is -0.116. The Morgan fingerprint density at radius 1 is 1.26 bits per heavy atom. The number of hydrogen-bond acceptors (Lipinski definition) is 8. The first-order valence-corrected chi connectivity index (χ1v) is 13.3. The predicted molar refractivity (Wildman–Crippen MR) is 141 cm³/mol. The maximum absolute atomic E-state index is 13.0. The van der Waals surface area contributed by atoms with E-state index >= 15 is 0 Å². The average Bonchev–Trinajstić information content (AvgIpc) is 3.58. The molecule has 0 radical (unpaired) electrons. The standard InChI is InChI=1S/C25H25N7OS2/c1-15(18-13-29-21-4-2-3-11-32(18)21)28-10-7-22(33)31-25-23(16-5-8-27-14-20(16)35-25)24-30-17-12-26-9-6-19(17)34-24/h2-4,6,9,11-13,15,27-28H,5,7-8,10,14H2,1H3,(H,31,33)/t15-/m1/s1.